The van der Waals surface area contributed by atoms with Crippen LogP contribution in [-0.4, -0.2) is 12.7 Å². The minimum atomic E-state index is 0.594. The lowest BCUT2D eigenvalue weighted by molar-refractivity contribution is -0.0176. The third kappa shape index (κ3) is 1.07. The molecule has 1 atom stereocenters. The van der Waals surface area contributed by atoms with Crippen molar-refractivity contribution in [3.8, 4) is 0 Å². The van der Waals surface area contributed by atoms with E-state index in [1.165, 1.54) is 32.1 Å². The zero-order chi connectivity index (χ0) is 7.03. The van der Waals surface area contributed by atoms with E-state index in [0.29, 0.717) is 6.10 Å². The molecule has 1 spiro atoms. The molecule has 1 saturated carbocycles. The first-order chi connectivity index (χ1) is 4.85. The monoisotopic (exact) mass is 140 g/mol. The fourth-order valence-electron chi connectivity index (χ4n) is 1.98. The van der Waals surface area contributed by atoms with Crippen molar-refractivity contribution < 1.29 is 4.74 Å². The molecule has 2 rings (SSSR count). The van der Waals surface area contributed by atoms with Crippen LogP contribution in [0.1, 0.15) is 39.0 Å². The van der Waals surface area contributed by atoms with Gasteiger partial charge in [0.05, 0.1) is 6.10 Å². The van der Waals surface area contributed by atoms with E-state index in [9.17, 15) is 0 Å². The minimum absolute atomic E-state index is 0.594. The van der Waals surface area contributed by atoms with Crippen LogP contribution in [0.3, 0.4) is 0 Å². The second-order valence-corrected chi connectivity index (χ2v) is 3.86. The first kappa shape index (κ1) is 6.66. The largest absolute Gasteiger partial charge is 0.378 e. The van der Waals surface area contributed by atoms with Gasteiger partial charge in [-0.15, -0.1) is 0 Å². The van der Waals surface area contributed by atoms with Crippen LogP contribution in [0.25, 0.3) is 0 Å². The zero-order valence-electron chi connectivity index (χ0n) is 6.73. The Morgan fingerprint density at radius 1 is 1.40 bits per heavy atom. The van der Waals surface area contributed by atoms with E-state index in [1.54, 1.807) is 0 Å². The molecule has 0 bridgehead atoms. The van der Waals surface area contributed by atoms with Crippen LogP contribution in [0.15, 0.2) is 0 Å². The topological polar surface area (TPSA) is 9.23 Å². The first-order valence-electron chi connectivity index (χ1n) is 4.46. The van der Waals surface area contributed by atoms with Crippen molar-refractivity contribution in [3.63, 3.8) is 0 Å². The fourth-order valence-corrected chi connectivity index (χ4v) is 1.98. The first-order valence-corrected chi connectivity index (χ1v) is 4.46. The Kier molecular flexibility index (Phi) is 1.48. The molecule has 0 N–H and O–H groups in total. The maximum absolute atomic E-state index is 5.60. The van der Waals surface area contributed by atoms with Crippen molar-refractivity contribution >= 4 is 0 Å². The molecule has 1 heterocycles. The molecule has 0 amide bonds. The molecule has 10 heavy (non-hydrogen) atoms. The Balaban J connectivity index is 1.91. The third-order valence-electron chi connectivity index (χ3n) is 3.06. The Labute approximate surface area is 62.8 Å². The lowest BCUT2D eigenvalue weighted by Gasteiger charge is -2.28. The van der Waals surface area contributed by atoms with Crippen LogP contribution in [0, 0.1) is 5.41 Å². The predicted molar refractivity (Wildman–Crippen MR) is 40.9 cm³/mol. The van der Waals surface area contributed by atoms with Gasteiger partial charge in [-0.3, -0.25) is 0 Å². The molecule has 0 aromatic carbocycles. The molecule has 1 heteroatoms. The lowest BCUT2D eigenvalue weighted by Crippen LogP contribution is -2.25. The molecule has 0 aromatic rings. The molecule has 1 nitrogen and oxygen atoms in total. The van der Waals surface area contributed by atoms with E-state index < -0.39 is 0 Å². The Bertz CT molecular complexity index is 127. The molecule has 1 aliphatic heterocycles. The summed E-state index contributed by atoms with van der Waals surface area (Å²) in [5.74, 6) is 0. The van der Waals surface area contributed by atoms with Crippen LogP contribution in [0.5, 0.6) is 0 Å². The number of ether oxygens (including phenoxy) is 1. The van der Waals surface area contributed by atoms with E-state index in [4.69, 9.17) is 4.74 Å². The molecule has 2 aliphatic rings. The van der Waals surface area contributed by atoms with Crippen LogP contribution in [0.2, 0.25) is 0 Å². The number of rotatable bonds is 1. The molecule has 1 saturated heterocycles. The maximum Gasteiger partial charge on any atom is 0.0577 e. The standard InChI is InChI=1S/C9H16O/c1-2-8-7-9(3-4-9)5-6-10-8/h8H,2-7H2,1H3/t8-/m0/s1. The van der Waals surface area contributed by atoms with Gasteiger partial charge in [0.2, 0.25) is 0 Å². The van der Waals surface area contributed by atoms with Gasteiger partial charge in [-0.2, -0.15) is 0 Å². The van der Waals surface area contributed by atoms with Gasteiger partial charge in [0.1, 0.15) is 0 Å². The number of hydrogen-bond donors (Lipinski definition) is 0. The SMILES string of the molecule is CC[C@H]1CC2(CCO1)CC2. The molecule has 0 aromatic heterocycles. The van der Waals surface area contributed by atoms with Gasteiger partial charge in [-0.1, -0.05) is 6.92 Å². The van der Waals surface area contributed by atoms with Crippen LogP contribution in [0.4, 0.5) is 0 Å². The van der Waals surface area contributed by atoms with Crippen LogP contribution < -0.4 is 0 Å². The summed E-state index contributed by atoms with van der Waals surface area (Å²) >= 11 is 0. The van der Waals surface area contributed by atoms with Gasteiger partial charge in [-0.25, -0.2) is 0 Å². The van der Waals surface area contributed by atoms with Gasteiger partial charge in [-0.05, 0) is 37.5 Å². The third-order valence-corrected chi connectivity index (χ3v) is 3.06. The van der Waals surface area contributed by atoms with E-state index in [-0.39, 0.29) is 0 Å². The second kappa shape index (κ2) is 2.23. The summed E-state index contributed by atoms with van der Waals surface area (Å²) in [4.78, 5) is 0. The lowest BCUT2D eigenvalue weighted by atomic mass is 9.91. The quantitative estimate of drug-likeness (QED) is 0.543. The van der Waals surface area contributed by atoms with E-state index in [0.717, 1.165) is 12.0 Å². The highest BCUT2D eigenvalue weighted by atomic mass is 16.5. The fraction of sp³-hybridized carbons (Fsp3) is 1.00. The van der Waals surface area contributed by atoms with Crippen LogP contribution in [-0.2, 0) is 4.74 Å². The van der Waals surface area contributed by atoms with Gasteiger partial charge >= 0.3 is 0 Å². The normalized spacial score (nSPS) is 36.3. The average molecular weight is 140 g/mol. The summed E-state index contributed by atoms with van der Waals surface area (Å²) in [6.45, 7) is 3.25. The van der Waals surface area contributed by atoms with Gasteiger partial charge in [0.15, 0.2) is 0 Å². The smallest absolute Gasteiger partial charge is 0.0577 e. The van der Waals surface area contributed by atoms with Gasteiger partial charge in [0, 0.05) is 6.61 Å². The molecular formula is C9H16O. The summed E-state index contributed by atoms with van der Waals surface area (Å²) in [6, 6.07) is 0. The molecule has 0 unspecified atom stereocenters. The van der Waals surface area contributed by atoms with Crippen LogP contribution >= 0.6 is 0 Å². The second-order valence-electron chi connectivity index (χ2n) is 3.86. The van der Waals surface area contributed by atoms with Crippen molar-refractivity contribution in [3.05, 3.63) is 0 Å². The highest BCUT2D eigenvalue weighted by Gasteiger charge is 2.45. The Morgan fingerprint density at radius 2 is 2.20 bits per heavy atom. The minimum Gasteiger partial charge on any atom is -0.378 e. The van der Waals surface area contributed by atoms with Gasteiger partial charge < -0.3 is 4.74 Å². The summed E-state index contributed by atoms with van der Waals surface area (Å²) < 4.78 is 5.60. The van der Waals surface area contributed by atoms with E-state index >= 15 is 0 Å². The van der Waals surface area contributed by atoms with Crippen molar-refractivity contribution in [2.75, 3.05) is 6.61 Å². The zero-order valence-corrected chi connectivity index (χ0v) is 6.73. The van der Waals surface area contributed by atoms with Crippen molar-refractivity contribution in [2.45, 2.75) is 45.1 Å². The highest BCUT2D eigenvalue weighted by Crippen LogP contribution is 2.54. The molecule has 2 fully saturated rings. The summed E-state index contributed by atoms with van der Waals surface area (Å²) in [7, 11) is 0. The Hall–Kier alpha value is -0.0400. The molecule has 1 aliphatic carbocycles. The summed E-state index contributed by atoms with van der Waals surface area (Å²) in [5.41, 5.74) is 0.777. The predicted octanol–water partition coefficient (Wildman–Crippen LogP) is 2.36. The molecular weight excluding hydrogens is 124 g/mol. The van der Waals surface area contributed by atoms with Crippen molar-refractivity contribution in [1.29, 1.82) is 0 Å². The van der Waals surface area contributed by atoms with E-state index in [2.05, 4.69) is 6.92 Å². The van der Waals surface area contributed by atoms with Crippen molar-refractivity contribution in [2.24, 2.45) is 5.41 Å². The van der Waals surface area contributed by atoms with Crippen molar-refractivity contribution in [1.82, 2.24) is 0 Å². The maximum atomic E-state index is 5.60. The molecule has 0 radical (unpaired) electrons. The van der Waals surface area contributed by atoms with Gasteiger partial charge in [0.25, 0.3) is 0 Å². The highest BCUT2D eigenvalue weighted by molar-refractivity contribution is 4.96. The van der Waals surface area contributed by atoms with E-state index in [1.807, 2.05) is 0 Å². The summed E-state index contributed by atoms with van der Waals surface area (Å²) in [6.07, 6.45) is 7.45. The number of hydrogen-bond acceptors (Lipinski definition) is 1. The average Bonchev–Trinajstić information content (AvgIpc) is 2.70. The molecule has 58 valence electrons. The Morgan fingerprint density at radius 3 is 2.80 bits per heavy atom. The summed E-state index contributed by atoms with van der Waals surface area (Å²) in [5, 5.41) is 0.